The first kappa shape index (κ1) is 19.8. The van der Waals surface area contributed by atoms with E-state index in [9.17, 15) is 13.2 Å². The highest BCUT2D eigenvalue weighted by Gasteiger charge is 2.16. The molecule has 3 rings (SSSR count). The lowest BCUT2D eigenvalue weighted by molar-refractivity contribution is -0.137. The van der Waals surface area contributed by atoms with E-state index in [-0.39, 0.29) is 6.42 Å². The predicted molar refractivity (Wildman–Crippen MR) is 107 cm³/mol. The number of fused-ring (bicyclic) bond motifs is 1. The normalized spacial score (nSPS) is 11.8. The van der Waals surface area contributed by atoms with Crippen molar-refractivity contribution in [3.8, 4) is 0 Å². The van der Waals surface area contributed by atoms with E-state index in [0.29, 0.717) is 18.7 Å². The lowest BCUT2D eigenvalue weighted by atomic mass is 10.1. The number of nitrogens with one attached hydrogen (secondary N) is 1. The minimum atomic E-state index is -3.62. The molecule has 0 unspecified atom stereocenters. The lowest BCUT2D eigenvalue weighted by Gasteiger charge is -2.13. The molecule has 0 atom stereocenters. The van der Waals surface area contributed by atoms with Gasteiger partial charge in [-0.3, -0.25) is 14.5 Å². The molecule has 0 aliphatic carbocycles. The number of aryl methyl sites for hydroxylation is 1. The number of aliphatic carboxylic acids is 1. The smallest absolute Gasteiger partial charge is 0.305 e. The van der Waals surface area contributed by atoms with Crippen LogP contribution in [0.4, 0.5) is 5.69 Å². The topological polar surface area (TPSA) is 105 Å². The molecule has 0 saturated heterocycles. The van der Waals surface area contributed by atoms with Crippen LogP contribution in [0.5, 0.6) is 0 Å². The molecule has 8 nitrogen and oxygen atoms in total. The number of hydrogen-bond acceptors (Lipinski definition) is 4. The van der Waals surface area contributed by atoms with E-state index in [1.54, 1.807) is 30.6 Å². The van der Waals surface area contributed by atoms with Crippen LogP contribution in [0.3, 0.4) is 0 Å². The highest BCUT2D eigenvalue weighted by molar-refractivity contribution is 7.90. The molecular formula is C19H22N4O4S. The number of pyridine rings is 1. The number of carboxylic acids is 1. The van der Waals surface area contributed by atoms with Crippen LogP contribution in [0, 0.1) is 0 Å². The zero-order valence-corrected chi connectivity index (χ0v) is 16.5. The largest absolute Gasteiger partial charge is 0.481 e. The Balaban J connectivity index is 2.03. The van der Waals surface area contributed by atoms with Gasteiger partial charge in [-0.15, -0.1) is 0 Å². The Morgan fingerprint density at radius 3 is 2.71 bits per heavy atom. The van der Waals surface area contributed by atoms with Gasteiger partial charge < -0.3 is 9.67 Å². The molecule has 0 amide bonds. The van der Waals surface area contributed by atoms with E-state index in [2.05, 4.69) is 9.71 Å². The van der Waals surface area contributed by atoms with E-state index < -0.39 is 16.2 Å². The van der Waals surface area contributed by atoms with Gasteiger partial charge in [0.2, 0.25) is 0 Å². The molecule has 0 saturated carbocycles. The van der Waals surface area contributed by atoms with Crippen LogP contribution in [-0.4, -0.2) is 47.4 Å². The van der Waals surface area contributed by atoms with Crippen molar-refractivity contribution < 1.29 is 18.3 Å². The molecule has 0 spiro atoms. The number of carbonyl (C=O) groups is 1. The first-order chi connectivity index (χ1) is 13.3. The monoisotopic (exact) mass is 402 g/mol. The lowest BCUT2D eigenvalue weighted by Crippen LogP contribution is -2.28. The van der Waals surface area contributed by atoms with Crippen LogP contribution in [-0.2, 0) is 28.0 Å². The standard InChI is InChI=1S/C19H22N4O4S/c1-22(2)28(26,27)21-16-5-6-18-17(11-16)15(10-14-4-3-8-20-12-14)13-23(18)9-7-19(24)25/h3-6,8,11-13,21H,7,9-10H2,1-2H3,(H,24,25). The molecule has 2 aromatic heterocycles. The molecule has 0 bridgehead atoms. The van der Waals surface area contributed by atoms with Crippen molar-refractivity contribution in [1.82, 2.24) is 13.9 Å². The maximum absolute atomic E-state index is 12.1. The van der Waals surface area contributed by atoms with Gasteiger partial charge in [0.15, 0.2) is 0 Å². The molecule has 28 heavy (non-hydrogen) atoms. The van der Waals surface area contributed by atoms with Crippen LogP contribution < -0.4 is 4.72 Å². The van der Waals surface area contributed by atoms with Crippen molar-refractivity contribution >= 4 is 32.8 Å². The maximum Gasteiger partial charge on any atom is 0.305 e. The van der Waals surface area contributed by atoms with E-state index in [0.717, 1.165) is 26.3 Å². The SMILES string of the molecule is CN(C)S(=O)(=O)Nc1ccc2c(c1)c(Cc1cccnc1)cn2CCC(=O)O. The molecular weight excluding hydrogens is 380 g/mol. The number of aromatic nitrogens is 2. The minimum absolute atomic E-state index is 0.00508. The molecule has 1 aromatic carbocycles. The summed E-state index contributed by atoms with van der Waals surface area (Å²) in [5, 5.41) is 9.88. The first-order valence-electron chi connectivity index (χ1n) is 8.69. The highest BCUT2D eigenvalue weighted by atomic mass is 32.2. The fourth-order valence-corrected chi connectivity index (χ4v) is 3.55. The Morgan fingerprint density at radius 2 is 2.07 bits per heavy atom. The Bertz CT molecular complexity index is 1090. The second-order valence-corrected chi connectivity index (χ2v) is 8.54. The zero-order chi connectivity index (χ0) is 20.3. The average Bonchev–Trinajstić information content (AvgIpc) is 2.97. The summed E-state index contributed by atoms with van der Waals surface area (Å²) in [6.45, 7) is 0.335. The Morgan fingerprint density at radius 1 is 1.29 bits per heavy atom. The summed E-state index contributed by atoms with van der Waals surface area (Å²) in [7, 11) is -0.707. The number of benzene rings is 1. The molecule has 2 heterocycles. The number of anilines is 1. The van der Waals surface area contributed by atoms with Crippen LogP contribution in [0.25, 0.3) is 10.9 Å². The molecule has 0 aliphatic rings. The number of hydrogen-bond donors (Lipinski definition) is 2. The van der Waals surface area contributed by atoms with E-state index in [4.69, 9.17) is 5.11 Å². The van der Waals surface area contributed by atoms with E-state index >= 15 is 0 Å². The molecule has 2 N–H and O–H groups in total. The molecule has 0 aliphatic heterocycles. The fraction of sp³-hybridized carbons (Fsp3) is 0.263. The van der Waals surface area contributed by atoms with Crippen molar-refractivity contribution in [3.63, 3.8) is 0 Å². The summed E-state index contributed by atoms with van der Waals surface area (Å²) in [5.41, 5.74) is 3.29. The Hall–Kier alpha value is -2.91. The van der Waals surface area contributed by atoms with Crippen molar-refractivity contribution in [2.75, 3.05) is 18.8 Å². The van der Waals surface area contributed by atoms with Gasteiger partial charge in [-0.2, -0.15) is 12.7 Å². The van der Waals surface area contributed by atoms with E-state index in [1.165, 1.54) is 14.1 Å². The van der Waals surface area contributed by atoms with E-state index in [1.807, 2.05) is 22.9 Å². The minimum Gasteiger partial charge on any atom is -0.481 e. The highest BCUT2D eigenvalue weighted by Crippen LogP contribution is 2.28. The van der Waals surface area contributed by atoms with Gasteiger partial charge in [0, 0.05) is 56.6 Å². The molecule has 9 heteroatoms. The van der Waals surface area contributed by atoms with Gasteiger partial charge in [-0.05, 0) is 35.4 Å². The maximum atomic E-state index is 12.1. The van der Waals surface area contributed by atoms with Gasteiger partial charge in [-0.25, -0.2) is 0 Å². The van der Waals surface area contributed by atoms with Gasteiger partial charge in [-0.1, -0.05) is 6.07 Å². The summed E-state index contributed by atoms with van der Waals surface area (Å²) in [6, 6.07) is 9.08. The zero-order valence-electron chi connectivity index (χ0n) is 15.7. The third-order valence-corrected chi connectivity index (χ3v) is 5.83. The second-order valence-electron chi connectivity index (χ2n) is 6.65. The third kappa shape index (κ3) is 4.49. The van der Waals surface area contributed by atoms with Crippen LogP contribution in [0.15, 0.2) is 48.9 Å². The summed E-state index contributed by atoms with van der Waals surface area (Å²) in [5.74, 6) is -0.869. The van der Waals surface area contributed by atoms with Gasteiger partial charge >= 0.3 is 16.2 Å². The number of rotatable bonds is 8. The quantitative estimate of drug-likeness (QED) is 0.602. The average molecular weight is 402 g/mol. The predicted octanol–water partition coefficient (Wildman–Crippen LogP) is 2.32. The summed E-state index contributed by atoms with van der Waals surface area (Å²) >= 11 is 0. The second kappa shape index (κ2) is 7.99. The molecule has 148 valence electrons. The fourth-order valence-electron chi connectivity index (χ4n) is 2.94. The number of carboxylic acid groups (broad SMARTS) is 1. The molecule has 3 aromatic rings. The number of nitrogens with zero attached hydrogens (tertiary/aromatic N) is 3. The first-order valence-corrected chi connectivity index (χ1v) is 10.1. The summed E-state index contributed by atoms with van der Waals surface area (Å²) < 4.78 is 29.8. The molecule has 0 fully saturated rings. The van der Waals surface area contributed by atoms with Gasteiger partial charge in [0.25, 0.3) is 0 Å². The van der Waals surface area contributed by atoms with Gasteiger partial charge in [0.1, 0.15) is 0 Å². The van der Waals surface area contributed by atoms with Crippen molar-refractivity contribution in [1.29, 1.82) is 0 Å². The van der Waals surface area contributed by atoms with Crippen LogP contribution in [0.1, 0.15) is 17.5 Å². The Labute approximate surface area is 163 Å². The summed E-state index contributed by atoms with van der Waals surface area (Å²) in [6.07, 6.45) is 6.01. The molecule has 0 radical (unpaired) electrons. The summed E-state index contributed by atoms with van der Waals surface area (Å²) in [4.78, 5) is 15.1. The third-order valence-electron chi connectivity index (χ3n) is 4.38. The van der Waals surface area contributed by atoms with Crippen LogP contribution >= 0.6 is 0 Å². The van der Waals surface area contributed by atoms with Crippen molar-refractivity contribution in [2.24, 2.45) is 0 Å². The van der Waals surface area contributed by atoms with Crippen molar-refractivity contribution in [3.05, 3.63) is 60.0 Å². The Kier molecular flexibility index (Phi) is 5.66. The van der Waals surface area contributed by atoms with Gasteiger partial charge in [0.05, 0.1) is 12.1 Å². The van der Waals surface area contributed by atoms with Crippen LogP contribution in [0.2, 0.25) is 0 Å². The van der Waals surface area contributed by atoms with Crippen molar-refractivity contribution in [2.45, 2.75) is 19.4 Å².